The summed E-state index contributed by atoms with van der Waals surface area (Å²) in [6.45, 7) is 6.52. The maximum absolute atomic E-state index is 12.8. The van der Waals surface area contributed by atoms with E-state index >= 15 is 0 Å². The highest BCUT2D eigenvalue weighted by atomic mass is 16.5. The number of hydrogen-bond donors (Lipinski definition) is 1. The van der Waals surface area contributed by atoms with Crippen LogP contribution in [0.15, 0.2) is 0 Å². The van der Waals surface area contributed by atoms with Gasteiger partial charge in [-0.05, 0) is 27.2 Å². The van der Waals surface area contributed by atoms with Gasteiger partial charge in [0.1, 0.15) is 0 Å². The Hall–Kier alpha value is -2.09. The predicted molar refractivity (Wildman–Crippen MR) is 86.8 cm³/mol. The first-order chi connectivity index (χ1) is 10.9. The molecule has 8 heteroatoms. The van der Waals surface area contributed by atoms with Gasteiger partial charge in [0.2, 0.25) is 6.41 Å². The van der Waals surface area contributed by atoms with Crippen molar-refractivity contribution in [2.45, 2.75) is 39.8 Å². The normalized spacial score (nSPS) is 10.7. The fraction of sp³-hybridized carbons (Fsp3) is 0.667. The number of aliphatic hydroxyl groups is 1. The van der Waals surface area contributed by atoms with Gasteiger partial charge in [-0.3, -0.25) is 14.2 Å². The minimum Gasteiger partial charge on any atom is -0.462 e. The van der Waals surface area contributed by atoms with Crippen molar-refractivity contribution in [2.75, 3.05) is 32.1 Å². The molecule has 23 heavy (non-hydrogen) atoms. The molecule has 0 atom stereocenters. The number of aromatic nitrogens is 2. The molecule has 0 spiro atoms. The summed E-state index contributed by atoms with van der Waals surface area (Å²) >= 11 is 0. The molecule has 0 fully saturated rings. The molecule has 0 bridgehead atoms. The first-order valence-corrected chi connectivity index (χ1v) is 7.68. The molecule has 0 aliphatic carbocycles. The molecule has 1 aromatic heterocycles. The van der Waals surface area contributed by atoms with Crippen LogP contribution in [0.2, 0.25) is 0 Å². The van der Waals surface area contributed by atoms with E-state index in [1.165, 1.54) is 9.80 Å². The second-order valence-electron chi connectivity index (χ2n) is 5.50. The van der Waals surface area contributed by atoms with Crippen LogP contribution in [-0.4, -0.2) is 65.2 Å². The number of rotatable bonds is 9. The zero-order chi connectivity index (χ0) is 17.6. The molecule has 1 heterocycles. The topological polar surface area (TPSA) is 87.9 Å². The monoisotopic (exact) mass is 326 g/mol. The van der Waals surface area contributed by atoms with E-state index in [1.807, 2.05) is 20.8 Å². The third kappa shape index (κ3) is 4.44. The molecule has 8 nitrogen and oxygen atoms in total. The molecule has 1 rings (SSSR count). The minimum atomic E-state index is -0.268. The highest BCUT2D eigenvalue weighted by Crippen LogP contribution is 2.26. The summed E-state index contributed by atoms with van der Waals surface area (Å²) in [6.07, 6.45) is 0.982. The summed E-state index contributed by atoms with van der Waals surface area (Å²) < 4.78 is 7.32. The van der Waals surface area contributed by atoms with Crippen LogP contribution in [0, 0.1) is 0 Å². The van der Waals surface area contributed by atoms with Gasteiger partial charge in [-0.25, -0.2) is 0 Å². The van der Waals surface area contributed by atoms with Gasteiger partial charge in [0.25, 0.3) is 11.9 Å². The number of hydrogen-bond acceptors (Lipinski definition) is 5. The molecule has 0 saturated heterocycles. The summed E-state index contributed by atoms with van der Waals surface area (Å²) in [6, 6.07) is 0.310. The van der Waals surface area contributed by atoms with Crippen LogP contribution in [0.25, 0.3) is 0 Å². The lowest BCUT2D eigenvalue weighted by molar-refractivity contribution is -0.107. The molecule has 0 unspecified atom stereocenters. The number of ether oxygens (including phenoxy) is 1. The van der Waals surface area contributed by atoms with Crippen LogP contribution in [-0.2, 0) is 11.3 Å². The van der Waals surface area contributed by atoms with Crippen molar-refractivity contribution in [1.29, 1.82) is 0 Å². The third-order valence-electron chi connectivity index (χ3n) is 3.26. The van der Waals surface area contributed by atoms with Gasteiger partial charge < -0.3 is 19.6 Å². The summed E-state index contributed by atoms with van der Waals surface area (Å²) in [5.74, 6) is -0.00606. The average Bonchev–Trinajstić information content (AvgIpc) is 2.88. The van der Waals surface area contributed by atoms with Crippen LogP contribution in [0.4, 0.5) is 5.82 Å². The van der Waals surface area contributed by atoms with Crippen LogP contribution in [0.3, 0.4) is 0 Å². The maximum atomic E-state index is 12.8. The van der Waals surface area contributed by atoms with E-state index in [1.54, 1.807) is 18.7 Å². The van der Waals surface area contributed by atoms with Gasteiger partial charge in [-0.15, -0.1) is 0 Å². The van der Waals surface area contributed by atoms with E-state index in [4.69, 9.17) is 9.84 Å². The van der Waals surface area contributed by atoms with Crippen molar-refractivity contribution < 1.29 is 19.4 Å². The predicted octanol–water partition coefficient (Wildman–Crippen LogP) is 0.737. The highest BCUT2D eigenvalue weighted by molar-refractivity contribution is 5.99. The first kappa shape index (κ1) is 19.0. The van der Waals surface area contributed by atoms with Crippen molar-refractivity contribution in [3.8, 4) is 6.01 Å². The Bertz CT molecular complexity index is 542. The Morgan fingerprint density at radius 3 is 2.57 bits per heavy atom. The van der Waals surface area contributed by atoms with Crippen molar-refractivity contribution in [2.24, 2.45) is 0 Å². The Labute approximate surface area is 136 Å². The van der Waals surface area contributed by atoms with Crippen LogP contribution >= 0.6 is 0 Å². The third-order valence-corrected chi connectivity index (χ3v) is 3.26. The number of carbonyl (C=O) groups is 2. The number of anilines is 1. The van der Waals surface area contributed by atoms with Gasteiger partial charge in [-0.1, -0.05) is 0 Å². The number of amides is 2. The molecule has 2 amide bonds. The van der Waals surface area contributed by atoms with E-state index in [-0.39, 0.29) is 24.4 Å². The SMILES string of the molecule is CCn1c(OC(C)C)nc(N(C)C=O)c1C(=O)N(C)CCCO. The lowest BCUT2D eigenvalue weighted by atomic mass is 10.3. The smallest absolute Gasteiger partial charge is 0.299 e. The molecular weight excluding hydrogens is 300 g/mol. The molecule has 0 aliphatic rings. The summed E-state index contributed by atoms with van der Waals surface area (Å²) in [5, 5.41) is 8.92. The zero-order valence-corrected chi connectivity index (χ0v) is 14.4. The van der Waals surface area contributed by atoms with Crippen LogP contribution < -0.4 is 9.64 Å². The molecule has 130 valence electrons. The fourth-order valence-corrected chi connectivity index (χ4v) is 2.11. The maximum Gasteiger partial charge on any atom is 0.299 e. The molecule has 0 saturated carbocycles. The Kier molecular flexibility index (Phi) is 7.02. The van der Waals surface area contributed by atoms with E-state index in [9.17, 15) is 9.59 Å². The zero-order valence-electron chi connectivity index (χ0n) is 14.4. The molecule has 0 aliphatic heterocycles. The Balaban J connectivity index is 3.32. The van der Waals surface area contributed by atoms with Gasteiger partial charge >= 0.3 is 0 Å². The number of imidazole rings is 1. The lowest BCUT2D eigenvalue weighted by Crippen LogP contribution is -2.32. The summed E-state index contributed by atoms with van der Waals surface area (Å²) in [4.78, 5) is 31.0. The second kappa shape index (κ2) is 8.52. The number of carbonyl (C=O) groups excluding carboxylic acids is 2. The quantitative estimate of drug-likeness (QED) is 0.676. The van der Waals surface area contributed by atoms with Crippen molar-refractivity contribution >= 4 is 18.1 Å². The molecular formula is C15H26N4O4. The molecule has 0 radical (unpaired) electrons. The van der Waals surface area contributed by atoms with E-state index in [2.05, 4.69) is 4.98 Å². The fourth-order valence-electron chi connectivity index (χ4n) is 2.11. The summed E-state index contributed by atoms with van der Waals surface area (Å²) in [7, 11) is 3.19. The van der Waals surface area contributed by atoms with Gasteiger partial charge in [0.05, 0.1) is 6.10 Å². The van der Waals surface area contributed by atoms with Crippen LogP contribution in [0.1, 0.15) is 37.7 Å². The van der Waals surface area contributed by atoms with Gasteiger partial charge in [0, 0.05) is 33.8 Å². The van der Waals surface area contributed by atoms with Crippen LogP contribution in [0.5, 0.6) is 6.01 Å². The highest BCUT2D eigenvalue weighted by Gasteiger charge is 2.28. The van der Waals surface area contributed by atoms with Crippen molar-refractivity contribution in [1.82, 2.24) is 14.5 Å². The molecule has 1 aromatic rings. The summed E-state index contributed by atoms with van der Waals surface area (Å²) in [5.41, 5.74) is 0.304. The Morgan fingerprint density at radius 1 is 1.43 bits per heavy atom. The van der Waals surface area contributed by atoms with Crippen molar-refractivity contribution in [3.63, 3.8) is 0 Å². The standard InChI is InChI=1S/C15H26N4O4/c1-6-19-12(14(22)17(4)8-7-9-20)13(18(5)10-21)16-15(19)23-11(2)3/h10-11,20H,6-9H2,1-5H3. The van der Waals surface area contributed by atoms with Gasteiger partial charge in [-0.2, -0.15) is 4.98 Å². The molecule has 0 aromatic carbocycles. The Morgan fingerprint density at radius 2 is 2.09 bits per heavy atom. The van der Waals surface area contributed by atoms with E-state index in [0.29, 0.717) is 37.6 Å². The van der Waals surface area contributed by atoms with E-state index in [0.717, 1.165) is 0 Å². The van der Waals surface area contributed by atoms with E-state index < -0.39 is 0 Å². The second-order valence-corrected chi connectivity index (χ2v) is 5.50. The van der Waals surface area contributed by atoms with Crippen molar-refractivity contribution in [3.05, 3.63) is 5.69 Å². The number of nitrogens with zero attached hydrogens (tertiary/aromatic N) is 4. The average molecular weight is 326 g/mol. The first-order valence-electron chi connectivity index (χ1n) is 7.68. The lowest BCUT2D eigenvalue weighted by Gasteiger charge is -2.19. The number of aliphatic hydroxyl groups excluding tert-OH is 1. The minimum absolute atomic E-state index is 0.00741. The molecule has 1 N–H and O–H groups in total. The largest absolute Gasteiger partial charge is 0.462 e. The van der Waals surface area contributed by atoms with Gasteiger partial charge in [0.15, 0.2) is 11.5 Å².